The molecule has 1 aliphatic rings. The SMILES string of the molecule is CS(=O)CCCC(=NOS(=O)(=O)O)SC1OC(O)C(O)C(O)C1CO. The van der Waals surface area contributed by atoms with Crippen LogP contribution in [0.4, 0.5) is 0 Å². The van der Waals surface area contributed by atoms with Crippen molar-refractivity contribution in [3.8, 4) is 0 Å². The van der Waals surface area contributed by atoms with Crippen LogP contribution >= 0.6 is 11.8 Å². The molecule has 0 bridgehead atoms. The molecule has 0 aliphatic carbocycles. The zero-order chi connectivity index (χ0) is 19.2. The van der Waals surface area contributed by atoms with Crippen molar-refractivity contribution in [2.45, 2.75) is 36.8 Å². The van der Waals surface area contributed by atoms with Crippen molar-refractivity contribution in [1.82, 2.24) is 0 Å². The summed E-state index contributed by atoms with van der Waals surface area (Å²) in [6.07, 6.45) is -2.90. The van der Waals surface area contributed by atoms with E-state index < -0.39 is 57.7 Å². The highest BCUT2D eigenvalue weighted by atomic mass is 32.3. The zero-order valence-corrected chi connectivity index (χ0v) is 15.6. The Morgan fingerprint density at radius 1 is 1.32 bits per heavy atom. The molecule has 1 aliphatic heterocycles. The van der Waals surface area contributed by atoms with Crippen LogP contribution in [0.5, 0.6) is 0 Å². The summed E-state index contributed by atoms with van der Waals surface area (Å²) in [6, 6.07) is 0. The van der Waals surface area contributed by atoms with E-state index in [0.29, 0.717) is 12.2 Å². The van der Waals surface area contributed by atoms with Crippen LogP contribution in [0.3, 0.4) is 0 Å². The van der Waals surface area contributed by atoms with E-state index in [2.05, 4.69) is 9.44 Å². The van der Waals surface area contributed by atoms with E-state index in [4.69, 9.17) is 9.29 Å². The molecular weight excluding hydrogens is 402 g/mol. The molecule has 0 aromatic rings. The highest BCUT2D eigenvalue weighted by Crippen LogP contribution is 2.33. The van der Waals surface area contributed by atoms with E-state index in [1.165, 1.54) is 6.26 Å². The number of hydrogen-bond donors (Lipinski definition) is 5. The molecule has 25 heavy (non-hydrogen) atoms. The van der Waals surface area contributed by atoms with Crippen LogP contribution in [0.2, 0.25) is 0 Å². The molecule has 0 aromatic carbocycles. The lowest BCUT2D eigenvalue weighted by molar-refractivity contribution is -0.252. The number of ether oxygens (including phenoxy) is 1. The summed E-state index contributed by atoms with van der Waals surface area (Å²) in [7, 11) is -5.93. The Morgan fingerprint density at radius 2 is 1.96 bits per heavy atom. The van der Waals surface area contributed by atoms with Crippen LogP contribution in [0, 0.1) is 5.92 Å². The van der Waals surface area contributed by atoms with Crippen molar-refractivity contribution in [3.05, 3.63) is 0 Å². The maximum absolute atomic E-state index is 11.1. The van der Waals surface area contributed by atoms with Gasteiger partial charge < -0.3 is 25.2 Å². The minimum absolute atomic E-state index is 0.00214. The van der Waals surface area contributed by atoms with Crippen LogP contribution in [-0.4, -0.2) is 85.2 Å². The van der Waals surface area contributed by atoms with E-state index in [1.54, 1.807) is 0 Å². The third-order valence-corrected chi connectivity index (χ3v) is 5.59. The normalized spacial score (nSPS) is 32.4. The van der Waals surface area contributed by atoms with Crippen molar-refractivity contribution in [2.75, 3.05) is 18.6 Å². The van der Waals surface area contributed by atoms with Gasteiger partial charge in [-0.1, -0.05) is 16.9 Å². The predicted octanol–water partition coefficient (Wildman–Crippen LogP) is -1.98. The highest BCUT2D eigenvalue weighted by Gasteiger charge is 2.44. The molecule has 6 atom stereocenters. The van der Waals surface area contributed by atoms with E-state index >= 15 is 0 Å². The summed E-state index contributed by atoms with van der Waals surface area (Å²) >= 11 is 0.737. The smallest absolute Gasteiger partial charge is 0.396 e. The van der Waals surface area contributed by atoms with Gasteiger partial charge in [-0.15, -0.1) is 0 Å². The zero-order valence-electron chi connectivity index (χ0n) is 13.2. The minimum atomic E-state index is -4.84. The fourth-order valence-electron chi connectivity index (χ4n) is 1.99. The fourth-order valence-corrected chi connectivity index (χ4v) is 3.97. The Bertz CT molecular complexity index is 583. The third-order valence-electron chi connectivity index (χ3n) is 3.22. The molecule has 0 saturated carbocycles. The first-order chi connectivity index (χ1) is 11.5. The first-order valence-electron chi connectivity index (χ1n) is 7.05. The molecule has 1 heterocycles. The van der Waals surface area contributed by atoms with Gasteiger partial charge >= 0.3 is 10.4 Å². The van der Waals surface area contributed by atoms with Gasteiger partial charge in [-0.2, -0.15) is 8.42 Å². The maximum atomic E-state index is 11.1. The van der Waals surface area contributed by atoms with Crippen molar-refractivity contribution >= 4 is 38.0 Å². The maximum Gasteiger partial charge on any atom is 0.466 e. The second-order valence-corrected chi connectivity index (χ2v) is 8.94. The molecule has 5 N–H and O–H groups in total. The van der Waals surface area contributed by atoms with Gasteiger partial charge in [0.2, 0.25) is 0 Å². The van der Waals surface area contributed by atoms with E-state index in [1.807, 2.05) is 0 Å². The van der Waals surface area contributed by atoms with Gasteiger partial charge in [-0.05, 0) is 6.42 Å². The largest absolute Gasteiger partial charge is 0.466 e. The summed E-state index contributed by atoms with van der Waals surface area (Å²) in [6.45, 7) is -0.589. The van der Waals surface area contributed by atoms with Crippen LogP contribution < -0.4 is 0 Å². The standard InChI is InChI=1S/C11H21NO10S3/c1-24(17)4-2-3-7(12-22-25(18,19)20)23-11-6(5-13)8(14)9(15)10(16)21-11/h6,8-11,13-16H,2-5H2,1H3,(H,18,19,20). The van der Waals surface area contributed by atoms with Gasteiger partial charge in [-0.3, -0.25) is 8.76 Å². The van der Waals surface area contributed by atoms with Crippen LogP contribution in [-0.2, 0) is 30.2 Å². The summed E-state index contributed by atoms with van der Waals surface area (Å²) in [5, 5.41) is 41.7. The number of nitrogens with zero attached hydrogens (tertiary/aromatic N) is 1. The number of aliphatic hydroxyl groups is 4. The van der Waals surface area contributed by atoms with Crippen LogP contribution in [0.15, 0.2) is 5.16 Å². The van der Waals surface area contributed by atoms with Gasteiger partial charge in [-0.25, -0.2) is 4.28 Å². The molecule has 1 fully saturated rings. The van der Waals surface area contributed by atoms with Gasteiger partial charge in [0.05, 0.1) is 12.7 Å². The average molecular weight is 423 g/mol. The molecule has 11 nitrogen and oxygen atoms in total. The number of rotatable bonds is 8. The van der Waals surface area contributed by atoms with Crippen molar-refractivity contribution < 1.29 is 46.6 Å². The summed E-state index contributed by atoms with van der Waals surface area (Å²) in [5.74, 6) is -0.704. The lowest BCUT2D eigenvalue weighted by atomic mass is 9.96. The van der Waals surface area contributed by atoms with Gasteiger partial charge in [0, 0.05) is 35.1 Å². The first-order valence-corrected chi connectivity index (χ1v) is 11.0. The summed E-state index contributed by atoms with van der Waals surface area (Å²) in [4.78, 5) is 0. The molecule has 6 unspecified atom stereocenters. The number of hydrogen-bond acceptors (Lipinski definition) is 11. The molecule has 148 valence electrons. The van der Waals surface area contributed by atoms with Crippen molar-refractivity contribution in [3.63, 3.8) is 0 Å². The molecule has 14 heteroatoms. The molecule has 1 rings (SSSR count). The Kier molecular flexibility index (Phi) is 9.20. The van der Waals surface area contributed by atoms with Gasteiger partial charge in [0.25, 0.3) is 0 Å². The molecule has 1 saturated heterocycles. The molecular formula is C11H21NO10S3. The lowest BCUT2D eigenvalue weighted by Crippen LogP contribution is -2.54. The second-order valence-electron chi connectivity index (χ2n) is 5.21. The Labute approximate surface area is 151 Å². The molecule has 0 amide bonds. The number of thioether (sulfide) groups is 1. The summed E-state index contributed by atoms with van der Waals surface area (Å²) < 4.78 is 50.1. The minimum Gasteiger partial charge on any atom is -0.396 e. The molecule has 0 radical (unpaired) electrons. The van der Waals surface area contributed by atoms with Crippen molar-refractivity contribution in [2.24, 2.45) is 11.1 Å². The van der Waals surface area contributed by atoms with Gasteiger partial charge in [0.1, 0.15) is 16.6 Å². The Balaban J connectivity index is 2.87. The van der Waals surface area contributed by atoms with Crippen molar-refractivity contribution in [1.29, 1.82) is 0 Å². The first kappa shape index (κ1) is 22.7. The highest BCUT2D eigenvalue weighted by molar-refractivity contribution is 8.14. The monoisotopic (exact) mass is 423 g/mol. The van der Waals surface area contributed by atoms with E-state index in [-0.39, 0.29) is 11.5 Å². The molecule has 0 aromatic heterocycles. The predicted molar refractivity (Wildman–Crippen MR) is 89.3 cm³/mol. The van der Waals surface area contributed by atoms with E-state index in [9.17, 15) is 33.1 Å². The van der Waals surface area contributed by atoms with Crippen LogP contribution in [0.1, 0.15) is 12.8 Å². The average Bonchev–Trinajstić information content (AvgIpc) is 2.49. The van der Waals surface area contributed by atoms with Crippen LogP contribution in [0.25, 0.3) is 0 Å². The second kappa shape index (κ2) is 10.1. The topological polar surface area (TPSA) is 183 Å². The van der Waals surface area contributed by atoms with Gasteiger partial charge in [0.15, 0.2) is 6.29 Å². The summed E-state index contributed by atoms with van der Waals surface area (Å²) in [5.41, 5.74) is -1.07. The fraction of sp³-hybridized carbons (Fsp3) is 0.909. The number of oxime groups is 1. The quantitative estimate of drug-likeness (QED) is 0.126. The lowest BCUT2D eigenvalue weighted by Gasteiger charge is -2.39. The Hall–Kier alpha value is -0.320. The Morgan fingerprint density at radius 3 is 2.48 bits per heavy atom. The van der Waals surface area contributed by atoms with E-state index in [0.717, 1.165) is 11.8 Å². The molecule has 0 spiro atoms. The number of aliphatic hydroxyl groups excluding tert-OH is 4. The third kappa shape index (κ3) is 7.84.